The molecule has 0 spiro atoms. The van der Waals surface area contributed by atoms with E-state index in [2.05, 4.69) is 27.7 Å². The summed E-state index contributed by atoms with van der Waals surface area (Å²) in [4.78, 5) is 0. The predicted octanol–water partition coefficient (Wildman–Crippen LogP) is 3.93. The Morgan fingerprint density at radius 3 is 1.17 bits per heavy atom. The quantitative estimate of drug-likeness (QED) is 0.563. The average Bonchev–Trinajstić information content (AvgIpc) is 2.66. The summed E-state index contributed by atoms with van der Waals surface area (Å²) < 4.78 is 12.2. The number of aliphatic hydroxyl groups excluding tert-OH is 2. The van der Waals surface area contributed by atoms with Crippen LogP contribution in [0.5, 0.6) is 0 Å². The summed E-state index contributed by atoms with van der Waals surface area (Å²) in [5.41, 5.74) is -0.146. The predicted molar refractivity (Wildman–Crippen MR) is 98.1 cm³/mol. The lowest BCUT2D eigenvalue weighted by Gasteiger charge is -2.36. The molecule has 0 atom stereocenters. The first-order chi connectivity index (χ1) is 11.5. The van der Waals surface area contributed by atoms with E-state index in [0.29, 0.717) is 25.4 Å². The summed E-state index contributed by atoms with van der Waals surface area (Å²) in [6, 6.07) is 0. The Kier molecular flexibility index (Phi) is 9.80. The average molecular weight is 345 g/mol. The van der Waals surface area contributed by atoms with Crippen molar-refractivity contribution in [2.24, 2.45) is 10.8 Å². The Morgan fingerprint density at radius 2 is 0.958 bits per heavy atom. The summed E-state index contributed by atoms with van der Waals surface area (Å²) >= 11 is 0. The summed E-state index contributed by atoms with van der Waals surface area (Å²) in [6.07, 6.45) is 8.54. The smallest absolute Gasteiger partial charge is 0.0577 e. The molecule has 0 aliphatic heterocycles. The lowest BCUT2D eigenvalue weighted by atomic mass is 9.83. The van der Waals surface area contributed by atoms with Crippen molar-refractivity contribution < 1.29 is 19.7 Å². The fraction of sp³-hybridized carbons (Fsp3) is 1.00. The highest BCUT2D eigenvalue weighted by Crippen LogP contribution is 2.31. The van der Waals surface area contributed by atoms with Crippen molar-refractivity contribution in [2.75, 3.05) is 26.4 Å². The second-order valence-corrected chi connectivity index (χ2v) is 7.75. The zero-order valence-electron chi connectivity index (χ0n) is 16.4. The molecule has 0 amide bonds. The van der Waals surface area contributed by atoms with Crippen molar-refractivity contribution in [1.82, 2.24) is 0 Å². The Balaban J connectivity index is 2.34. The minimum absolute atomic E-state index is 0.0731. The molecule has 1 rings (SSSR count). The normalized spacial score (nSPS) is 22.8. The van der Waals surface area contributed by atoms with Crippen LogP contribution in [0.15, 0.2) is 0 Å². The van der Waals surface area contributed by atoms with Gasteiger partial charge < -0.3 is 19.7 Å². The molecule has 4 nitrogen and oxygen atoms in total. The van der Waals surface area contributed by atoms with Gasteiger partial charge in [-0.15, -0.1) is 0 Å². The van der Waals surface area contributed by atoms with E-state index >= 15 is 0 Å². The third-order valence-electron chi connectivity index (χ3n) is 6.54. The van der Waals surface area contributed by atoms with Crippen LogP contribution in [0.25, 0.3) is 0 Å². The zero-order chi connectivity index (χ0) is 18.1. The SMILES string of the molecule is CCC(CC)(CO)COC1CCC(OCC(CC)(CC)CO)CC1. The van der Waals surface area contributed by atoms with E-state index in [4.69, 9.17) is 9.47 Å². The molecule has 4 heteroatoms. The molecule has 0 saturated heterocycles. The van der Waals surface area contributed by atoms with E-state index in [1.54, 1.807) is 0 Å². The molecule has 0 bridgehead atoms. The Morgan fingerprint density at radius 1 is 0.667 bits per heavy atom. The van der Waals surface area contributed by atoms with E-state index in [1.807, 2.05) is 0 Å². The molecular formula is C20H40O4. The molecule has 1 fully saturated rings. The molecule has 0 heterocycles. The Labute approximate surface area is 148 Å². The van der Waals surface area contributed by atoms with Gasteiger partial charge in [-0.1, -0.05) is 27.7 Å². The standard InChI is InChI=1S/C20H40O4/c1-5-19(6-2,13-21)15-23-17-9-11-18(12-10-17)24-16-20(7-3,8-4)14-22/h17-18,21-22H,5-16H2,1-4H3. The van der Waals surface area contributed by atoms with Gasteiger partial charge in [-0.2, -0.15) is 0 Å². The van der Waals surface area contributed by atoms with Crippen LogP contribution in [0.2, 0.25) is 0 Å². The minimum Gasteiger partial charge on any atom is -0.396 e. The van der Waals surface area contributed by atoms with E-state index in [9.17, 15) is 10.2 Å². The third kappa shape index (κ3) is 5.98. The Bertz CT molecular complexity index is 267. The van der Waals surface area contributed by atoms with Gasteiger partial charge in [0.1, 0.15) is 0 Å². The van der Waals surface area contributed by atoms with Crippen LogP contribution in [-0.4, -0.2) is 48.8 Å². The summed E-state index contributed by atoms with van der Waals surface area (Å²) in [5, 5.41) is 19.3. The maximum atomic E-state index is 9.64. The van der Waals surface area contributed by atoms with Gasteiger partial charge in [0.15, 0.2) is 0 Å². The molecule has 1 aliphatic carbocycles. The summed E-state index contributed by atoms with van der Waals surface area (Å²) in [7, 11) is 0. The van der Waals surface area contributed by atoms with Crippen LogP contribution >= 0.6 is 0 Å². The number of hydrogen-bond acceptors (Lipinski definition) is 4. The monoisotopic (exact) mass is 344 g/mol. The van der Waals surface area contributed by atoms with Gasteiger partial charge in [0, 0.05) is 10.8 Å². The van der Waals surface area contributed by atoms with Crippen LogP contribution in [0, 0.1) is 10.8 Å². The van der Waals surface area contributed by atoms with Crippen LogP contribution in [-0.2, 0) is 9.47 Å². The van der Waals surface area contributed by atoms with E-state index in [-0.39, 0.29) is 24.0 Å². The number of hydrogen-bond donors (Lipinski definition) is 2. The fourth-order valence-electron chi connectivity index (χ4n) is 3.40. The lowest BCUT2D eigenvalue weighted by molar-refractivity contribution is -0.0866. The van der Waals surface area contributed by atoms with Crippen molar-refractivity contribution in [1.29, 1.82) is 0 Å². The van der Waals surface area contributed by atoms with Gasteiger partial charge >= 0.3 is 0 Å². The molecule has 144 valence electrons. The minimum atomic E-state index is -0.0731. The first kappa shape index (κ1) is 21.9. The first-order valence-corrected chi connectivity index (χ1v) is 9.97. The summed E-state index contributed by atoms with van der Waals surface area (Å²) in [5.74, 6) is 0. The van der Waals surface area contributed by atoms with Crippen LogP contribution < -0.4 is 0 Å². The van der Waals surface area contributed by atoms with Crippen molar-refractivity contribution in [2.45, 2.75) is 91.3 Å². The molecule has 0 aromatic rings. The Hall–Kier alpha value is -0.160. The van der Waals surface area contributed by atoms with Gasteiger partial charge in [0.2, 0.25) is 0 Å². The van der Waals surface area contributed by atoms with E-state index in [1.165, 1.54) is 0 Å². The zero-order valence-corrected chi connectivity index (χ0v) is 16.4. The topological polar surface area (TPSA) is 58.9 Å². The number of rotatable bonds is 12. The van der Waals surface area contributed by atoms with Crippen molar-refractivity contribution in [3.8, 4) is 0 Å². The van der Waals surface area contributed by atoms with Crippen molar-refractivity contribution >= 4 is 0 Å². The molecule has 24 heavy (non-hydrogen) atoms. The highest BCUT2D eigenvalue weighted by atomic mass is 16.5. The molecule has 0 aromatic carbocycles. The van der Waals surface area contributed by atoms with Crippen LogP contribution in [0.3, 0.4) is 0 Å². The molecule has 0 aromatic heterocycles. The highest BCUT2D eigenvalue weighted by Gasteiger charge is 2.31. The van der Waals surface area contributed by atoms with Gasteiger partial charge in [0.25, 0.3) is 0 Å². The molecular weight excluding hydrogens is 304 g/mol. The van der Waals surface area contributed by atoms with Crippen molar-refractivity contribution in [3.63, 3.8) is 0 Å². The maximum absolute atomic E-state index is 9.64. The largest absolute Gasteiger partial charge is 0.396 e. The lowest BCUT2D eigenvalue weighted by Crippen LogP contribution is -2.36. The van der Waals surface area contributed by atoms with E-state index in [0.717, 1.165) is 51.4 Å². The second-order valence-electron chi connectivity index (χ2n) is 7.75. The van der Waals surface area contributed by atoms with Gasteiger partial charge in [0.05, 0.1) is 38.6 Å². The van der Waals surface area contributed by atoms with Crippen LogP contribution in [0.1, 0.15) is 79.1 Å². The molecule has 2 N–H and O–H groups in total. The molecule has 1 saturated carbocycles. The number of ether oxygens (including phenoxy) is 2. The fourth-order valence-corrected chi connectivity index (χ4v) is 3.40. The van der Waals surface area contributed by atoms with Crippen molar-refractivity contribution in [3.05, 3.63) is 0 Å². The molecule has 0 radical (unpaired) electrons. The second kappa shape index (κ2) is 10.7. The van der Waals surface area contributed by atoms with E-state index < -0.39 is 0 Å². The summed E-state index contributed by atoms with van der Waals surface area (Å²) in [6.45, 7) is 10.2. The first-order valence-electron chi connectivity index (χ1n) is 9.97. The van der Waals surface area contributed by atoms with Gasteiger partial charge in [-0.05, 0) is 51.4 Å². The molecule has 0 unspecified atom stereocenters. The maximum Gasteiger partial charge on any atom is 0.0577 e. The van der Waals surface area contributed by atoms with Gasteiger partial charge in [-0.25, -0.2) is 0 Å². The van der Waals surface area contributed by atoms with Gasteiger partial charge in [-0.3, -0.25) is 0 Å². The molecule has 1 aliphatic rings. The highest BCUT2D eigenvalue weighted by molar-refractivity contribution is 4.80. The van der Waals surface area contributed by atoms with Crippen LogP contribution in [0.4, 0.5) is 0 Å². The number of aliphatic hydroxyl groups is 2. The third-order valence-corrected chi connectivity index (χ3v) is 6.54.